The van der Waals surface area contributed by atoms with Crippen LogP contribution in [0.15, 0.2) is 59.0 Å². The van der Waals surface area contributed by atoms with Crippen LogP contribution in [0.4, 0.5) is 5.69 Å². The van der Waals surface area contributed by atoms with E-state index in [1.807, 2.05) is 41.8 Å². The SMILES string of the molecule is C/C(=N/NC(=O)Cc1nc(-c2ccccc2)cs1)c1ccc2c(c1)NC(=O)CO2. The highest BCUT2D eigenvalue weighted by Crippen LogP contribution is 2.28. The lowest BCUT2D eigenvalue weighted by Gasteiger charge is -2.18. The molecular weight excluding hydrogens is 388 g/mol. The largest absolute Gasteiger partial charge is 0.482 e. The van der Waals surface area contributed by atoms with E-state index >= 15 is 0 Å². The Labute approximate surface area is 171 Å². The molecule has 2 heterocycles. The van der Waals surface area contributed by atoms with Gasteiger partial charge in [0.15, 0.2) is 6.61 Å². The molecule has 0 saturated carbocycles. The maximum atomic E-state index is 12.2. The Morgan fingerprint density at radius 1 is 1.28 bits per heavy atom. The minimum atomic E-state index is -0.243. The zero-order chi connectivity index (χ0) is 20.2. The predicted molar refractivity (Wildman–Crippen MR) is 112 cm³/mol. The molecule has 2 N–H and O–H groups in total. The number of carbonyl (C=O) groups excluding carboxylic acids is 2. The van der Waals surface area contributed by atoms with Crippen molar-refractivity contribution in [1.82, 2.24) is 10.4 Å². The van der Waals surface area contributed by atoms with E-state index in [9.17, 15) is 9.59 Å². The number of ether oxygens (including phenoxy) is 1. The minimum absolute atomic E-state index is 0.0121. The molecule has 0 saturated heterocycles. The van der Waals surface area contributed by atoms with E-state index in [4.69, 9.17) is 4.74 Å². The van der Waals surface area contributed by atoms with Crippen LogP contribution >= 0.6 is 11.3 Å². The van der Waals surface area contributed by atoms with E-state index < -0.39 is 0 Å². The van der Waals surface area contributed by atoms with Gasteiger partial charge < -0.3 is 10.1 Å². The van der Waals surface area contributed by atoms with Gasteiger partial charge >= 0.3 is 0 Å². The van der Waals surface area contributed by atoms with Crippen LogP contribution < -0.4 is 15.5 Å². The van der Waals surface area contributed by atoms with Gasteiger partial charge in [-0.1, -0.05) is 30.3 Å². The number of anilines is 1. The topological polar surface area (TPSA) is 92.7 Å². The van der Waals surface area contributed by atoms with Gasteiger partial charge in [0, 0.05) is 10.9 Å². The van der Waals surface area contributed by atoms with Crippen LogP contribution in [0.2, 0.25) is 0 Å². The second-order valence-electron chi connectivity index (χ2n) is 6.45. The standard InChI is InChI=1S/C21H18N4O3S/c1-13(15-7-8-18-16(9-15)22-20(27)11-28-18)24-25-19(26)10-21-23-17(12-29-21)14-5-3-2-4-6-14/h2-9,12H,10-11H2,1H3,(H,22,27)(H,25,26)/b24-13-. The van der Waals surface area contributed by atoms with Crippen molar-refractivity contribution in [1.29, 1.82) is 0 Å². The summed E-state index contributed by atoms with van der Waals surface area (Å²) in [6.07, 6.45) is 0.155. The molecule has 8 heteroatoms. The van der Waals surface area contributed by atoms with Crippen LogP contribution in [0, 0.1) is 0 Å². The molecule has 4 rings (SSSR count). The number of aromatic nitrogens is 1. The quantitative estimate of drug-likeness (QED) is 0.503. The number of nitrogens with one attached hydrogen (secondary N) is 2. The summed E-state index contributed by atoms with van der Waals surface area (Å²) in [5.41, 5.74) is 6.43. The van der Waals surface area contributed by atoms with Crippen LogP contribution in [0.25, 0.3) is 11.3 Å². The Hall–Kier alpha value is -3.52. The van der Waals surface area contributed by atoms with Gasteiger partial charge in [-0.3, -0.25) is 9.59 Å². The fourth-order valence-corrected chi connectivity index (χ4v) is 3.63. The fourth-order valence-electron chi connectivity index (χ4n) is 2.83. The van der Waals surface area contributed by atoms with Crippen LogP contribution in [0.1, 0.15) is 17.5 Å². The van der Waals surface area contributed by atoms with E-state index in [2.05, 4.69) is 20.8 Å². The average Bonchev–Trinajstić information content (AvgIpc) is 3.20. The summed E-state index contributed by atoms with van der Waals surface area (Å²) in [6, 6.07) is 15.2. The van der Waals surface area contributed by atoms with Crippen LogP contribution in [0.5, 0.6) is 5.75 Å². The maximum Gasteiger partial charge on any atom is 0.262 e. The monoisotopic (exact) mass is 406 g/mol. The van der Waals surface area contributed by atoms with Gasteiger partial charge in [-0.25, -0.2) is 10.4 Å². The summed E-state index contributed by atoms with van der Waals surface area (Å²) in [4.78, 5) is 28.2. The number of hydrogen-bond acceptors (Lipinski definition) is 6. The Bertz CT molecular complexity index is 1090. The molecule has 29 heavy (non-hydrogen) atoms. The van der Waals surface area contributed by atoms with Crippen molar-refractivity contribution >= 4 is 34.6 Å². The van der Waals surface area contributed by atoms with Crippen LogP contribution in [-0.4, -0.2) is 29.1 Å². The summed E-state index contributed by atoms with van der Waals surface area (Å²) < 4.78 is 5.34. The molecule has 0 spiro atoms. The summed E-state index contributed by atoms with van der Waals surface area (Å²) in [6.45, 7) is 1.79. The number of thiazole rings is 1. The fraction of sp³-hybridized carbons (Fsp3) is 0.143. The van der Waals surface area contributed by atoms with E-state index in [1.165, 1.54) is 11.3 Å². The van der Waals surface area contributed by atoms with Crippen molar-refractivity contribution < 1.29 is 14.3 Å². The Kier molecular flexibility index (Phi) is 5.35. The van der Waals surface area contributed by atoms with Crippen LogP contribution in [-0.2, 0) is 16.0 Å². The lowest BCUT2D eigenvalue weighted by atomic mass is 10.1. The molecular formula is C21H18N4O3S. The van der Waals surface area contributed by atoms with Gasteiger partial charge in [-0.2, -0.15) is 5.10 Å². The average molecular weight is 406 g/mol. The highest BCUT2D eigenvalue weighted by molar-refractivity contribution is 7.10. The van der Waals surface area contributed by atoms with E-state index in [-0.39, 0.29) is 24.8 Å². The first-order valence-corrected chi connectivity index (χ1v) is 9.86. The molecule has 0 aliphatic carbocycles. The highest BCUT2D eigenvalue weighted by Gasteiger charge is 2.16. The summed E-state index contributed by atoms with van der Waals surface area (Å²) in [5.74, 6) is 0.173. The molecule has 0 radical (unpaired) electrons. The third-order valence-electron chi connectivity index (χ3n) is 4.31. The van der Waals surface area contributed by atoms with Crippen molar-refractivity contribution in [3.63, 3.8) is 0 Å². The minimum Gasteiger partial charge on any atom is -0.482 e. The zero-order valence-corrected chi connectivity index (χ0v) is 16.5. The molecule has 7 nitrogen and oxygen atoms in total. The molecule has 146 valence electrons. The van der Waals surface area contributed by atoms with Crippen molar-refractivity contribution in [3.05, 3.63) is 64.5 Å². The van der Waals surface area contributed by atoms with Crippen molar-refractivity contribution in [3.8, 4) is 17.0 Å². The Morgan fingerprint density at radius 3 is 2.93 bits per heavy atom. The van der Waals surface area contributed by atoms with Gasteiger partial charge in [-0.15, -0.1) is 11.3 Å². The van der Waals surface area contributed by atoms with Crippen LogP contribution in [0.3, 0.4) is 0 Å². The number of rotatable bonds is 5. The van der Waals surface area contributed by atoms with Crippen molar-refractivity contribution in [2.45, 2.75) is 13.3 Å². The van der Waals surface area contributed by atoms with Crippen molar-refractivity contribution in [2.75, 3.05) is 11.9 Å². The second kappa shape index (κ2) is 8.24. The molecule has 2 aromatic carbocycles. The third-order valence-corrected chi connectivity index (χ3v) is 5.16. The van der Waals surface area contributed by atoms with Gasteiger partial charge in [0.1, 0.15) is 10.8 Å². The molecule has 0 atom stereocenters. The van der Waals surface area contributed by atoms with E-state index in [0.717, 1.165) is 21.8 Å². The number of hydrogen-bond donors (Lipinski definition) is 2. The highest BCUT2D eigenvalue weighted by atomic mass is 32.1. The Balaban J connectivity index is 1.39. The number of nitrogens with zero attached hydrogens (tertiary/aromatic N) is 2. The number of amides is 2. The second-order valence-corrected chi connectivity index (χ2v) is 7.39. The van der Waals surface area contributed by atoms with Gasteiger partial charge in [0.25, 0.3) is 5.91 Å². The zero-order valence-electron chi connectivity index (χ0n) is 15.6. The third kappa shape index (κ3) is 4.49. The van der Waals surface area contributed by atoms with Gasteiger partial charge in [0.05, 0.1) is 23.5 Å². The molecule has 2 amide bonds. The molecule has 1 aliphatic heterocycles. The predicted octanol–water partition coefficient (Wildman–Crippen LogP) is 3.22. The van der Waals surface area contributed by atoms with Crippen molar-refractivity contribution in [2.24, 2.45) is 5.10 Å². The first-order valence-electron chi connectivity index (χ1n) is 8.98. The summed E-state index contributed by atoms with van der Waals surface area (Å²) in [7, 11) is 0. The first kappa shape index (κ1) is 18.8. The normalized spacial score (nSPS) is 13.3. The molecule has 0 fully saturated rings. The first-order chi connectivity index (χ1) is 14.1. The smallest absolute Gasteiger partial charge is 0.262 e. The molecule has 1 aliphatic rings. The molecule has 0 unspecified atom stereocenters. The number of carbonyl (C=O) groups is 2. The van der Waals surface area contributed by atoms with Gasteiger partial charge in [-0.05, 0) is 30.7 Å². The van der Waals surface area contributed by atoms with Gasteiger partial charge in [0.2, 0.25) is 5.91 Å². The summed E-state index contributed by atoms with van der Waals surface area (Å²) in [5, 5.41) is 9.58. The lowest BCUT2D eigenvalue weighted by Crippen LogP contribution is -2.25. The number of hydrazone groups is 1. The van der Waals surface area contributed by atoms with E-state index in [0.29, 0.717) is 17.1 Å². The molecule has 0 bridgehead atoms. The Morgan fingerprint density at radius 2 is 2.10 bits per heavy atom. The molecule has 3 aromatic rings. The van der Waals surface area contributed by atoms with E-state index in [1.54, 1.807) is 19.1 Å². The number of benzene rings is 2. The maximum absolute atomic E-state index is 12.2. The number of fused-ring (bicyclic) bond motifs is 1. The summed E-state index contributed by atoms with van der Waals surface area (Å²) >= 11 is 1.44. The lowest BCUT2D eigenvalue weighted by molar-refractivity contribution is -0.120. The molecule has 1 aromatic heterocycles.